The predicted octanol–water partition coefficient (Wildman–Crippen LogP) is 5.69. The van der Waals surface area contributed by atoms with Gasteiger partial charge in [0.1, 0.15) is 11.4 Å². The van der Waals surface area contributed by atoms with E-state index in [4.69, 9.17) is 20.7 Å². The Bertz CT molecular complexity index is 1750. The Morgan fingerprint density at radius 1 is 1.05 bits per heavy atom. The van der Waals surface area contributed by atoms with E-state index in [0.717, 1.165) is 39.0 Å². The molecular weight excluding hydrogens is 542 g/mol. The van der Waals surface area contributed by atoms with Crippen molar-refractivity contribution in [1.82, 2.24) is 19.6 Å². The van der Waals surface area contributed by atoms with E-state index in [2.05, 4.69) is 13.8 Å². The van der Waals surface area contributed by atoms with Gasteiger partial charge in [-0.05, 0) is 56.5 Å². The Morgan fingerprint density at radius 2 is 1.79 bits per heavy atom. The molecule has 0 radical (unpaired) electrons. The van der Waals surface area contributed by atoms with Crippen LogP contribution in [0.4, 0.5) is 0 Å². The van der Waals surface area contributed by atoms with Crippen molar-refractivity contribution in [3.8, 4) is 22.7 Å². The van der Waals surface area contributed by atoms with E-state index in [9.17, 15) is 15.0 Å². The van der Waals surface area contributed by atoms with Gasteiger partial charge in [-0.25, -0.2) is 4.68 Å². The third-order valence-corrected chi connectivity index (χ3v) is 7.58. The number of benzene rings is 3. The van der Waals surface area contributed by atoms with Gasteiger partial charge in [0.15, 0.2) is 0 Å². The lowest BCUT2D eigenvalue weighted by molar-refractivity contribution is 0.0552. The van der Waals surface area contributed by atoms with Crippen molar-refractivity contribution in [3.05, 3.63) is 95.3 Å². The van der Waals surface area contributed by atoms with Gasteiger partial charge in [-0.15, -0.1) is 0 Å². The van der Waals surface area contributed by atoms with Crippen molar-refractivity contribution in [2.75, 3.05) is 6.61 Å². The minimum atomic E-state index is -0.901. The molecule has 0 saturated carbocycles. The summed E-state index contributed by atoms with van der Waals surface area (Å²) in [6.45, 7) is 10.3. The van der Waals surface area contributed by atoms with Crippen LogP contribution >= 0.6 is 0 Å². The van der Waals surface area contributed by atoms with Crippen molar-refractivity contribution >= 4 is 16.8 Å². The van der Waals surface area contributed by atoms with Crippen LogP contribution in [0, 0.1) is 6.92 Å². The summed E-state index contributed by atoms with van der Waals surface area (Å²) in [5.74, 6) is 0.0491. The zero-order valence-corrected chi connectivity index (χ0v) is 25.3. The fourth-order valence-electron chi connectivity index (χ4n) is 5.36. The summed E-state index contributed by atoms with van der Waals surface area (Å²) < 4.78 is 9.73. The van der Waals surface area contributed by atoms with E-state index in [1.807, 2.05) is 66.3 Å². The zero-order valence-electron chi connectivity index (χ0n) is 25.3. The molecule has 0 aliphatic heterocycles. The Hall–Kier alpha value is -4.47. The van der Waals surface area contributed by atoms with E-state index in [-0.39, 0.29) is 12.5 Å². The molecule has 2 aromatic heterocycles. The standard InChI is InChI=1S/C34H39N5O4/c1-21(2)31-22(3)39(28-15-14-24(33(35)41)18-30(28)43-17-16-34(4,5)42)37-32(31)25-12-9-13-27-26(25)19-38(36-27)20-29(40)23-10-7-6-8-11-23/h6-15,18-19,21,29,40,42H,16-17,20H2,1-5H3,(H2,35,41)/t29-/m0/s1. The van der Waals surface area contributed by atoms with Gasteiger partial charge >= 0.3 is 0 Å². The first-order valence-corrected chi connectivity index (χ1v) is 14.5. The summed E-state index contributed by atoms with van der Waals surface area (Å²) in [7, 11) is 0. The normalized spacial score (nSPS) is 12.7. The number of nitrogens with zero attached hydrogens (tertiary/aromatic N) is 4. The molecule has 0 bridgehead atoms. The van der Waals surface area contributed by atoms with E-state index in [0.29, 0.717) is 30.0 Å². The molecular formula is C34H39N5O4. The molecule has 0 aliphatic rings. The number of hydrogen-bond acceptors (Lipinski definition) is 6. The molecule has 43 heavy (non-hydrogen) atoms. The Kier molecular flexibility index (Phi) is 8.39. The summed E-state index contributed by atoms with van der Waals surface area (Å²) in [6.07, 6.45) is 1.67. The van der Waals surface area contributed by atoms with Crippen molar-refractivity contribution in [2.24, 2.45) is 5.73 Å². The number of aromatic nitrogens is 4. The third kappa shape index (κ3) is 6.48. The lowest BCUT2D eigenvalue weighted by atomic mass is 9.95. The molecule has 0 aliphatic carbocycles. The lowest BCUT2D eigenvalue weighted by Gasteiger charge is -2.19. The summed E-state index contributed by atoms with van der Waals surface area (Å²) in [5.41, 5.74) is 11.1. The van der Waals surface area contributed by atoms with Crippen LogP contribution in [0.5, 0.6) is 5.75 Å². The van der Waals surface area contributed by atoms with E-state index < -0.39 is 17.6 Å². The van der Waals surface area contributed by atoms with Gasteiger partial charge in [0.25, 0.3) is 0 Å². The summed E-state index contributed by atoms with van der Waals surface area (Å²) in [6, 6.07) is 20.6. The molecule has 5 rings (SSSR count). The fourth-order valence-corrected chi connectivity index (χ4v) is 5.36. The fraction of sp³-hybridized carbons (Fsp3) is 0.324. The van der Waals surface area contributed by atoms with Gasteiger partial charge in [0, 0.05) is 40.4 Å². The second-order valence-corrected chi connectivity index (χ2v) is 11.9. The van der Waals surface area contributed by atoms with Gasteiger partial charge < -0.3 is 20.7 Å². The average molecular weight is 582 g/mol. The van der Waals surface area contributed by atoms with Crippen LogP contribution in [0.2, 0.25) is 0 Å². The second-order valence-electron chi connectivity index (χ2n) is 11.9. The number of amides is 1. The molecule has 3 aromatic carbocycles. The molecule has 9 heteroatoms. The number of aliphatic hydroxyl groups is 2. The minimum absolute atomic E-state index is 0.151. The van der Waals surface area contributed by atoms with Crippen LogP contribution in [0.25, 0.3) is 27.8 Å². The molecule has 1 atom stereocenters. The molecule has 1 amide bonds. The number of carbonyl (C=O) groups excluding carboxylic acids is 1. The van der Waals surface area contributed by atoms with Crippen molar-refractivity contribution in [3.63, 3.8) is 0 Å². The van der Waals surface area contributed by atoms with Gasteiger partial charge in [-0.1, -0.05) is 56.3 Å². The van der Waals surface area contributed by atoms with Crippen LogP contribution in [-0.4, -0.2) is 47.9 Å². The molecule has 5 aromatic rings. The van der Waals surface area contributed by atoms with Crippen LogP contribution in [0.1, 0.15) is 73.3 Å². The van der Waals surface area contributed by atoms with Crippen LogP contribution in [-0.2, 0) is 6.54 Å². The first-order valence-electron chi connectivity index (χ1n) is 14.5. The quantitative estimate of drug-likeness (QED) is 0.184. The Labute approximate surface area is 251 Å². The lowest BCUT2D eigenvalue weighted by Crippen LogP contribution is -2.22. The maximum Gasteiger partial charge on any atom is 0.248 e. The van der Waals surface area contributed by atoms with Crippen LogP contribution in [0.15, 0.2) is 72.9 Å². The van der Waals surface area contributed by atoms with Gasteiger partial charge in [-0.3, -0.25) is 9.48 Å². The number of rotatable bonds is 11. The highest BCUT2D eigenvalue weighted by Crippen LogP contribution is 2.38. The van der Waals surface area contributed by atoms with Crippen molar-refractivity contribution in [2.45, 2.75) is 65.2 Å². The number of hydrogen-bond donors (Lipinski definition) is 3. The maximum absolute atomic E-state index is 12.0. The molecule has 224 valence electrons. The van der Waals surface area contributed by atoms with Gasteiger partial charge in [0.2, 0.25) is 5.91 Å². The minimum Gasteiger partial charge on any atom is -0.491 e. The molecule has 4 N–H and O–H groups in total. The van der Waals surface area contributed by atoms with Crippen molar-refractivity contribution in [1.29, 1.82) is 0 Å². The summed E-state index contributed by atoms with van der Waals surface area (Å²) in [4.78, 5) is 12.0. The summed E-state index contributed by atoms with van der Waals surface area (Å²) >= 11 is 0. The Morgan fingerprint density at radius 3 is 2.47 bits per heavy atom. The van der Waals surface area contributed by atoms with E-state index >= 15 is 0 Å². The SMILES string of the molecule is Cc1c(C(C)C)c(-c2cccc3nn(C[C@H](O)c4ccccc4)cc23)nn1-c1ccc(C(N)=O)cc1OCCC(C)(C)O. The largest absolute Gasteiger partial charge is 0.491 e. The average Bonchev–Trinajstić information content (AvgIpc) is 3.52. The number of ether oxygens (including phenoxy) is 1. The topological polar surface area (TPSA) is 128 Å². The highest BCUT2D eigenvalue weighted by atomic mass is 16.5. The van der Waals surface area contributed by atoms with Gasteiger partial charge in [0.05, 0.1) is 36.1 Å². The summed E-state index contributed by atoms with van der Waals surface area (Å²) in [5, 5.41) is 31.8. The molecule has 0 unspecified atom stereocenters. The second kappa shape index (κ2) is 12.0. The predicted molar refractivity (Wildman–Crippen MR) is 167 cm³/mol. The molecule has 0 spiro atoms. The first kappa shape index (κ1) is 30.0. The van der Waals surface area contributed by atoms with Crippen LogP contribution in [0.3, 0.4) is 0 Å². The maximum atomic E-state index is 12.0. The first-order chi connectivity index (χ1) is 20.4. The third-order valence-electron chi connectivity index (χ3n) is 7.58. The highest BCUT2D eigenvalue weighted by molar-refractivity contribution is 5.95. The molecule has 0 fully saturated rings. The van der Waals surface area contributed by atoms with Crippen LogP contribution < -0.4 is 10.5 Å². The number of primary amides is 1. The number of carbonyl (C=O) groups is 1. The van der Waals surface area contributed by atoms with E-state index in [1.54, 1.807) is 36.7 Å². The number of fused-ring (bicyclic) bond motifs is 1. The molecule has 9 nitrogen and oxygen atoms in total. The molecule has 2 heterocycles. The van der Waals surface area contributed by atoms with Crippen molar-refractivity contribution < 1.29 is 19.7 Å². The zero-order chi connectivity index (χ0) is 30.9. The Balaban J connectivity index is 1.58. The number of nitrogens with two attached hydrogens (primary N) is 1. The van der Waals surface area contributed by atoms with Gasteiger partial charge in [-0.2, -0.15) is 10.2 Å². The smallest absolute Gasteiger partial charge is 0.248 e. The monoisotopic (exact) mass is 581 g/mol. The van der Waals surface area contributed by atoms with E-state index in [1.165, 1.54) is 0 Å². The molecule has 0 saturated heterocycles. The number of aliphatic hydroxyl groups excluding tert-OH is 1. The highest BCUT2D eigenvalue weighted by Gasteiger charge is 2.24.